The molecule has 0 aliphatic carbocycles. The molecule has 9 nitrogen and oxygen atoms in total. The third-order valence-corrected chi connectivity index (χ3v) is 3.84. The summed E-state index contributed by atoms with van der Waals surface area (Å²) in [6.07, 6.45) is 0.000146. The molecule has 0 saturated heterocycles. The van der Waals surface area contributed by atoms with Gasteiger partial charge in [-0.25, -0.2) is 14.5 Å². The summed E-state index contributed by atoms with van der Waals surface area (Å²) >= 11 is 0. The van der Waals surface area contributed by atoms with Gasteiger partial charge in [0.1, 0.15) is 0 Å². The van der Waals surface area contributed by atoms with E-state index in [1.54, 1.807) is 25.2 Å². The SMILES string of the molecule is CCOc1cc(-c2nc3c(=O)n(C)c(=O)nc-3n(C)n2)ccc1OC(C)C. The summed E-state index contributed by atoms with van der Waals surface area (Å²) in [5.41, 5.74) is -0.437. The van der Waals surface area contributed by atoms with E-state index in [1.807, 2.05) is 20.8 Å². The average molecular weight is 371 g/mol. The zero-order valence-corrected chi connectivity index (χ0v) is 15.9. The number of nitrogens with zero attached hydrogens (tertiary/aromatic N) is 5. The predicted molar refractivity (Wildman–Crippen MR) is 99.3 cm³/mol. The quantitative estimate of drug-likeness (QED) is 0.665. The Hall–Kier alpha value is -3.23. The minimum absolute atomic E-state index is 0.000146. The van der Waals surface area contributed by atoms with E-state index in [1.165, 1.54) is 11.7 Å². The molecule has 0 radical (unpaired) electrons. The number of rotatable bonds is 5. The van der Waals surface area contributed by atoms with Crippen molar-refractivity contribution in [3.8, 4) is 34.4 Å². The Morgan fingerprint density at radius 3 is 2.52 bits per heavy atom. The second-order valence-corrected chi connectivity index (χ2v) is 6.25. The van der Waals surface area contributed by atoms with Gasteiger partial charge in [0, 0.05) is 19.7 Å². The summed E-state index contributed by atoms with van der Waals surface area (Å²) in [5.74, 6) is 1.64. The van der Waals surface area contributed by atoms with Crippen molar-refractivity contribution in [3.05, 3.63) is 39.0 Å². The van der Waals surface area contributed by atoms with Gasteiger partial charge < -0.3 is 9.47 Å². The number of hydrogen-bond donors (Lipinski definition) is 0. The van der Waals surface area contributed by atoms with E-state index in [9.17, 15) is 9.59 Å². The normalized spacial score (nSPS) is 11.2. The largest absolute Gasteiger partial charge is 0.490 e. The standard InChI is InChI=1S/C18H21N5O4/c1-6-26-13-9-11(7-8-12(13)27-10(2)3)15-19-14-16(23(5)21-15)20-18(25)22(4)17(14)24/h7-10H,6H2,1-5H3. The minimum atomic E-state index is -0.645. The zero-order chi connectivity index (χ0) is 19.7. The van der Waals surface area contributed by atoms with Crippen LogP contribution in [-0.4, -0.2) is 37.0 Å². The first-order valence-corrected chi connectivity index (χ1v) is 8.57. The van der Waals surface area contributed by atoms with Gasteiger partial charge in [0.15, 0.2) is 28.8 Å². The molecule has 142 valence electrons. The Morgan fingerprint density at radius 1 is 1.11 bits per heavy atom. The zero-order valence-electron chi connectivity index (χ0n) is 15.9. The lowest BCUT2D eigenvalue weighted by Crippen LogP contribution is -2.36. The van der Waals surface area contributed by atoms with Crippen LogP contribution in [0, 0.1) is 0 Å². The van der Waals surface area contributed by atoms with Gasteiger partial charge in [-0.1, -0.05) is 0 Å². The van der Waals surface area contributed by atoms with Crippen LogP contribution in [0.4, 0.5) is 0 Å². The summed E-state index contributed by atoms with van der Waals surface area (Å²) < 4.78 is 13.7. The topological polar surface area (TPSA) is 101 Å². The lowest BCUT2D eigenvalue weighted by Gasteiger charge is -2.16. The third kappa shape index (κ3) is 3.53. The van der Waals surface area contributed by atoms with E-state index in [4.69, 9.17) is 9.47 Å². The van der Waals surface area contributed by atoms with Gasteiger partial charge in [-0.05, 0) is 39.0 Å². The highest BCUT2D eigenvalue weighted by Crippen LogP contribution is 2.32. The van der Waals surface area contributed by atoms with Crippen LogP contribution in [0.15, 0.2) is 27.8 Å². The number of ether oxygens (including phenoxy) is 2. The van der Waals surface area contributed by atoms with Crippen LogP contribution in [0.3, 0.4) is 0 Å². The Labute approximate surface area is 155 Å². The molecule has 2 aliphatic rings. The van der Waals surface area contributed by atoms with Crippen LogP contribution in [-0.2, 0) is 14.1 Å². The fourth-order valence-corrected chi connectivity index (χ4v) is 2.59. The van der Waals surface area contributed by atoms with Gasteiger partial charge in [-0.3, -0.25) is 9.36 Å². The van der Waals surface area contributed by atoms with Crippen LogP contribution in [0.1, 0.15) is 20.8 Å². The van der Waals surface area contributed by atoms with E-state index >= 15 is 0 Å². The molecule has 2 heterocycles. The number of aromatic nitrogens is 5. The van der Waals surface area contributed by atoms with E-state index in [0.29, 0.717) is 29.5 Å². The molecule has 0 amide bonds. The van der Waals surface area contributed by atoms with Gasteiger partial charge in [-0.2, -0.15) is 10.1 Å². The summed E-state index contributed by atoms with van der Waals surface area (Å²) in [7, 11) is 2.98. The first-order chi connectivity index (χ1) is 12.8. The minimum Gasteiger partial charge on any atom is -0.490 e. The van der Waals surface area contributed by atoms with E-state index in [0.717, 1.165) is 4.57 Å². The summed E-state index contributed by atoms with van der Waals surface area (Å²) in [6, 6.07) is 5.34. The van der Waals surface area contributed by atoms with Gasteiger partial charge in [-0.15, -0.1) is 0 Å². The molecule has 0 saturated carbocycles. The Balaban J connectivity index is 2.18. The molecule has 9 heteroatoms. The molecule has 0 aromatic heterocycles. The summed E-state index contributed by atoms with van der Waals surface area (Å²) in [6.45, 7) is 6.22. The van der Waals surface area contributed by atoms with Crippen LogP contribution >= 0.6 is 0 Å². The molecule has 0 atom stereocenters. The first kappa shape index (κ1) is 18.6. The molecular formula is C18H21N5O4. The predicted octanol–water partition coefficient (Wildman–Crippen LogP) is 1.23. The fraction of sp³-hybridized carbons (Fsp3) is 0.389. The molecule has 1 aromatic carbocycles. The number of aryl methyl sites for hydroxylation is 1. The Kier molecular flexibility index (Phi) is 4.93. The summed E-state index contributed by atoms with van der Waals surface area (Å²) in [5, 5.41) is 4.33. The molecule has 3 rings (SSSR count). The van der Waals surface area contributed by atoms with Crippen molar-refractivity contribution in [2.75, 3.05) is 6.61 Å². The fourth-order valence-electron chi connectivity index (χ4n) is 2.59. The number of benzene rings is 1. The second kappa shape index (κ2) is 7.18. The maximum absolute atomic E-state index is 12.4. The second-order valence-electron chi connectivity index (χ2n) is 6.25. The molecule has 1 aromatic rings. The molecule has 0 bridgehead atoms. The molecule has 2 aliphatic heterocycles. The van der Waals surface area contributed by atoms with Gasteiger partial charge in [0.2, 0.25) is 0 Å². The van der Waals surface area contributed by atoms with Crippen LogP contribution in [0.5, 0.6) is 11.5 Å². The average Bonchev–Trinajstić information content (AvgIpc) is 2.62. The van der Waals surface area contributed by atoms with Crippen molar-refractivity contribution in [2.45, 2.75) is 26.9 Å². The highest BCUT2D eigenvalue weighted by molar-refractivity contribution is 5.63. The maximum atomic E-state index is 12.4. The van der Waals surface area contributed by atoms with Crippen molar-refractivity contribution >= 4 is 0 Å². The molecular weight excluding hydrogens is 350 g/mol. The third-order valence-electron chi connectivity index (χ3n) is 3.84. The van der Waals surface area contributed by atoms with Crippen LogP contribution in [0.2, 0.25) is 0 Å². The lowest BCUT2D eigenvalue weighted by atomic mass is 10.2. The molecule has 0 N–H and O–H groups in total. The van der Waals surface area contributed by atoms with Gasteiger partial charge >= 0.3 is 5.69 Å². The molecule has 27 heavy (non-hydrogen) atoms. The van der Waals surface area contributed by atoms with Crippen molar-refractivity contribution in [2.24, 2.45) is 14.1 Å². The molecule has 0 spiro atoms. The van der Waals surface area contributed by atoms with E-state index in [-0.39, 0.29) is 17.6 Å². The van der Waals surface area contributed by atoms with E-state index in [2.05, 4.69) is 15.1 Å². The first-order valence-electron chi connectivity index (χ1n) is 8.57. The van der Waals surface area contributed by atoms with Crippen molar-refractivity contribution in [1.29, 1.82) is 0 Å². The van der Waals surface area contributed by atoms with Crippen LogP contribution < -0.4 is 20.7 Å². The van der Waals surface area contributed by atoms with Crippen molar-refractivity contribution < 1.29 is 9.47 Å². The molecule has 0 unspecified atom stereocenters. The summed E-state index contributed by atoms with van der Waals surface area (Å²) in [4.78, 5) is 32.4. The highest BCUT2D eigenvalue weighted by atomic mass is 16.5. The monoisotopic (exact) mass is 371 g/mol. The Morgan fingerprint density at radius 2 is 1.85 bits per heavy atom. The number of fused-ring (bicyclic) bond motifs is 1. The maximum Gasteiger partial charge on any atom is 0.352 e. The van der Waals surface area contributed by atoms with Gasteiger partial charge in [0.25, 0.3) is 5.56 Å². The lowest BCUT2D eigenvalue weighted by molar-refractivity contribution is 0.224. The van der Waals surface area contributed by atoms with Crippen molar-refractivity contribution in [3.63, 3.8) is 0 Å². The van der Waals surface area contributed by atoms with E-state index < -0.39 is 11.2 Å². The van der Waals surface area contributed by atoms with Crippen molar-refractivity contribution in [1.82, 2.24) is 24.3 Å². The molecule has 0 fully saturated rings. The smallest absolute Gasteiger partial charge is 0.352 e. The number of hydrogen-bond acceptors (Lipinski definition) is 7. The van der Waals surface area contributed by atoms with Gasteiger partial charge in [0.05, 0.1) is 12.7 Å². The highest BCUT2D eigenvalue weighted by Gasteiger charge is 2.20. The Bertz CT molecular complexity index is 1070. The van der Waals surface area contributed by atoms with Crippen LogP contribution in [0.25, 0.3) is 22.9 Å².